The summed E-state index contributed by atoms with van der Waals surface area (Å²) in [5, 5.41) is 20.1. The van der Waals surface area contributed by atoms with E-state index in [2.05, 4.69) is 10.3 Å². The van der Waals surface area contributed by atoms with Gasteiger partial charge in [0.15, 0.2) is 0 Å². The number of carbonyl (C=O) groups is 1. The van der Waals surface area contributed by atoms with Crippen LogP contribution in [0.2, 0.25) is 5.02 Å². The number of primary sulfonamides is 1. The van der Waals surface area contributed by atoms with Crippen LogP contribution in [0.25, 0.3) is 11.0 Å². The molecule has 2 aromatic carbocycles. The lowest BCUT2D eigenvalue weighted by atomic mass is 9.97. The molecular formula is C23H28ClN5O4S. The molecule has 182 valence electrons. The van der Waals surface area contributed by atoms with Gasteiger partial charge >= 0.3 is 0 Å². The summed E-state index contributed by atoms with van der Waals surface area (Å²) in [6.45, 7) is 0.671. The number of primary amides is 1. The molecule has 0 unspecified atom stereocenters. The minimum atomic E-state index is -4.21. The number of imidazole rings is 1. The Bertz CT molecular complexity index is 1320. The van der Waals surface area contributed by atoms with Crippen LogP contribution >= 0.6 is 11.6 Å². The molecule has 4 rings (SSSR count). The van der Waals surface area contributed by atoms with E-state index in [0.29, 0.717) is 30.5 Å². The third kappa shape index (κ3) is 5.20. The first-order valence-electron chi connectivity index (χ1n) is 11.2. The fourth-order valence-corrected chi connectivity index (χ4v) is 5.51. The molecule has 0 bridgehead atoms. The Morgan fingerprint density at radius 3 is 2.65 bits per heavy atom. The number of aliphatic hydroxyl groups excluding tert-OH is 1. The quantitative estimate of drug-likeness (QED) is 0.362. The SMILES string of the molecule is NC(=O)c1cc(S(N)(=O)=O)c2c(c1)nc(NCc1ccccc1Cl)n2C[C@H]1CCCCC[C@H]1O. The van der Waals surface area contributed by atoms with E-state index in [1.807, 2.05) is 18.2 Å². The molecule has 0 aliphatic heterocycles. The monoisotopic (exact) mass is 505 g/mol. The number of sulfonamides is 1. The first kappa shape index (κ1) is 24.5. The van der Waals surface area contributed by atoms with E-state index in [-0.39, 0.29) is 27.4 Å². The van der Waals surface area contributed by atoms with Crippen molar-refractivity contribution in [2.24, 2.45) is 16.8 Å². The number of nitrogens with two attached hydrogens (primary N) is 2. The van der Waals surface area contributed by atoms with Crippen LogP contribution in [0.3, 0.4) is 0 Å². The predicted molar refractivity (Wildman–Crippen MR) is 131 cm³/mol. The highest BCUT2D eigenvalue weighted by Gasteiger charge is 2.27. The van der Waals surface area contributed by atoms with Gasteiger partial charge in [-0.15, -0.1) is 0 Å². The number of carbonyl (C=O) groups excluding carboxylic acids is 1. The van der Waals surface area contributed by atoms with Gasteiger partial charge < -0.3 is 20.7 Å². The fourth-order valence-electron chi connectivity index (χ4n) is 4.53. The molecule has 1 saturated carbocycles. The molecule has 1 aliphatic rings. The Morgan fingerprint density at radius 2 is 1.94 bits per heavy atom. The summed E-state index contributed by atoms with van der Waals surface area (Å²) < 4.78 is 26.8. The minimum absolute atomic E-state index is 0.00618. The van der Waals surface area contributed by atoms with E-state index in [1.54, 1.807) is 10.6 Å². The topological polar surface area (TPSA) is 153 Å². The van der Waals surface area contributed by atoms with Crippen molar-refractivity contribution >= 4 is 44.5 Å². The van der Waals surface area contributed by atoms with Gasteiger partial charge in [-0.3, -0.25) is 4.79 Å². The fraction of sp³-hybridized carbons (Fsp3) is 0.391. The normalized spacial score (nSPS) is 19.1. The number of nitrogens with one attached hydrogen (secondary N) is 1. The van der Waals surface area contributed by atoms with Gasteiger partial charge in [-0.2, -0.15) is 0 Å². The van der Waals surface area contributed by atoms with E-state index in [0.717, 1.165) is 31.2 Å². The molecule has 11 heteroatoms. The summed E-state index contributed by atoms with van der Waals surface area (Å²) in [5.41, 5.74) is 6.79. The minimum Gasteiger partial charge on any atom is -0.393 e. The van der Waals surface area contributed by atoms with Gasteiger partial charge in [0.1, 0.15) is 4.90 Å². The molecule has 9 nitrogen and oxygen atoms in total. The first-order valence-corrected chi connectivity index (χ1v) is 13.1. The lowest BCUT2D eigenvalue weighted by Gasteiger charge is -2.23. The number of hydrogen-bond acceptors (Lipinski definition) is 6. The second-order valence-electron chi connectivity index (χ2n) is 8.71. The highest BCUT2D eigenvalue weighted by atomic mass is 35.5. The van der Waals surface area contributed by atoms with Crippen molar-refractivity contribution in [3.05, 3.63) is 52.5 Å². The predicted octanol–water partition coefficient (Wildman–Crippen LogP) is 2.99. The molecular weight excluding hydrogens is 478 g/mol. The van der Waals surface area contributed by atoms with E-state index in [1.165, 1.54) is 12.1 Å². The summed E-state index contributed by atoms with van der Waals surface area (Å²) in [6, 6.07) is 9.98. The van der Waals surface area contributed by atoms with Crippen molar-refractivity contribution in [2.75, 3.05) is 5.32 Å². The molecule has 6 N–H and O–H groups in total. The van der Waals surface area contributed by atoms with Crippen LogP contribution in [-0.2, 0) is 23.1 Å². The maximum atomic E-state index is 12.5. The van der Waals surface area contributed by atoms with E-state index in [4.69, 9.17) is 22.5 Å². The van der Waals surface area contributed by atoms with Crippen LogP contribution < -0.4 is 16.2 Å². The molecule has 0 saturated heterocycles. The van der Waals surface area contributed by atoms with Gasteiger partial charge in [0.25, 0.3) is 0 Å². The van der Waals surface area contributed by atoms with Gasteiger partial charge in [-0.1, -0.05) is 49.1 Å². The highest BCUT2D eigenvalue weighted by Crippen LogP contribution is 2.32. The van der Waals surface area contributed by atoms with Crippen molar-refractivity contribution in [1.82, 2.24) is 9.55 Å². The summed E-state index contributed by atoms with van der Waals surface area (Å²) in [5.74, 6) is -0.492. The second-order valence-corrected chi connectivity index (χ2v) is 10.6. The molecule has 0 radical (unpaired) electrons. The van der Waals surface area contributed by atoms with Crippen molar-refractivity contribution in [3.63, 3.8) is 0 Å². The molecule has 34 heavy (non-hydrogen) atoms. The van der Waals surface area contributed by atoms with Gasteiger partial charge in [0.05, 0.1) is 17.1 Å². The number of aliphatic hydroxyl groups is 1. The molecule has 2 atom stereocenters. The Hall–Kier alpha value is -2.66. The lowest BCUT2D eigenvalue weighted by Crippen LogP contribution is -2.25. The molecule has 0 spiro atoms. The van der Waals surface area contributed by atoms with Crippen LogP contribution in [-0.4, -0.2) is 35.1 Å². The lowest BCUT2D eigenvalue weighted by molar-refractivity contribution is 0.0917. The molecule has 1 aromatic heterocycles. The average molecular weight is 506 g/mol. The number of halogens is 1. The van der Waals surface area contributed by atoms with E-state index >= 15 is 0 Å². The van der Waals surface area contributed by atoms with Crippen LogP contribution in [0.4, 0.5) is 5.95 Å². The van der Waals surface area contributed by atoms with Crippen LogP contribution in [0.5, 0.6) is 0 Å². The van der Waals surface area contributed by atoms with Crippen molar-refractivity contribution in [3.8, 4) is 0 Å². The standard InChI is InChI=1S/C23H28ClN5O4S/c24-17-8-5-4-6-14(17)12-27-23-28-18-10-16(22(25)31)11-20(34(26,32)33)21(18)29(23)13-15-7-2-1-3-9-19(15)30/h4-6,8,10-11,15,19,30H,1-3,7,9,12-13H2,(H2,25,31)(H,27,28)(H2,26,32,33)/t15-,19-/m1/s1. The number of nitrogens with zero attached hydrogens (tertiary/aromatic N) is 2. The van der Waals surface area contributed by atoms with Gasteiger partial charge in [0, 0.05) is 29.6 Å². The second kappa shape index (κ2) is 9.91. The summed E-state index contributed by atoms with van der Waals surface area (Å²) >= 11 is 6.30. The number of benzene rings is 2. The number of hydrogen-bond donors (Lipinski definition) is 4. The van der Waals surface area contributed by atoms with Crippen molar-refractivity contribution < 1.29 is 18.3 Å². The number of fused-ring (bicyclic) bond motifs is 1. The Balaban J connectivity index is 1.85. The van der Waals surface area contributed by atoms with Crippen molar-refractivity contribution in [1.29, 1.82) is 0 Å². The van der Waals surface area contributed by atoms with E-state index in [9.17, 15) is 18.3 Å². The number of anilines is 1. The van der Waals surface area contributed by atoms with Crippen LogP contribution in [0, 0.1) is 5.92 Å². The number of amides is 1. The zero-order valence-electron chi connectivity index (χ0n) is 18.6. The Kier molecular flexibility index (Phi) is 7.13. The molecule has 1 fully saturated rings. The summed E-state index contributed by atoms with van der Waals surface area (Å²) in [4.78, 5) is 16.2. The number of rotatable bonds is 7. The molecule has 1 heterocycles. The maximum absolute atomic E-state index is 12.5. The summed E-state index contributed by atoms with van der Waals surface area (Å²) in [7, 11) is -4.21. The van der Waals surface area contributed by atoms with Crippen LogP contribution in [0.1, 0.15) is 48.0 Å². The maximum Gasteiger partial charge on any atom is 0.248 e. The first-order chi connectivity index (χ1) is 16.1. The largest absolute Gasteiger partial charge is 0.393 e. The van der Waals surface area contributed by atoms with Gasteiger partial charge in [-0.25, -0.2) is 18.5 Å². The molecule has 1 aliphatic carbocycles. The molecule has 3 aromatic rings. The average Bonchev–Trinajstić information content (AvgIpc) is 2.99. The smallest absolute Gasteiger partial charge is 0.248 e. The Labute approximate surface area is 203 Å². The van der Waals surface area contributed by atoms with E-state index < -0.39 is 22.0 Å². The summed E-state index contributed by atoms with van der Waals surface area (Å²) in [6.07, 6.45) is 3.94. The number of aromatic nitrogens is 2. The Morgan fingerprint density at radius 1 is 1.21 bits per heavy atom. The zero-order valence-corrected chi connectivity index (χ0v) is 20.1. The highest BCUT2D eigenvalue weighted by molar-refractivity contribution is 7.89. The third-order valence-electron chi connectivity index (χ3n) is 6.33. The van der Waals surface area contributed by atoms with Crippen molar-refractivity contribution in [2.45, 2.75) is 56.2 Å². The van der Waals surface area contributed by atoms with Crippen LogP contribution in [0.15, 0.2) is 41.3 Å². The third-order valence-corrected chi connectivity index (χ3v) is 7.62. The van der Waals surface area contributed by atoms with Gasteiger partial charge in [0.2, 0.25) is 21.9 Å². The zero-order chi connectivity index (χ0) is 24.5. The molecule has 1 amide bonds. The van der Waals surface area contributed by atoms with Gasteiger partial charge in [-0.05, 0) is 36.6 Å².